The van der Waals surface area contributed by atoms with Gasteiger partial charge in [0.15, 0.2) is 5.78 Å². The quantitative estimate of drug-likeness (QED) is 0.724. The molecule has 0 radical (unpaired) electrons. The number of methoxy groups -OCH3 is 1. The Labute approximate surface area is 114 Å². The van der Waals surface area contributed by atoms with Gasteiger partial charge in [0.25, 0.3) is 0 Å². The Kier molecular flexibility index (Phi) is 4.25. The number of aryl methyl sites for hydroxylation is 1. The van der Waals surface area contributed by atoms with Crippen LogP contribution in [0.1, 0.15) is 48.4 Å². The highest BCUT2D eigenvalue weighted by Gasteiger charge is 2.23. The highest BCUT2D eigenvalue weighted by molar-refractivity contribution is 5.98. The van der Waals surface area contributed by atoms with Gasteiger partial charge in [0.2, 0.25) is 0 Å². The maximum Gasteiger partial charge on any atom is 0.166 e. The van der Waals surface area contributed by atoms with Crippen LogP contribution >= 0.6 is 0 Å². The van der Waals surface area contributed by atoms with Crippen molar-refractivity contribution in [3.8, 4) is 0 Å². The molecule has 0 saturated heterocycles. The molecule has 0 bridgehead atoms. The molecule has 0 saturated carbocycles. The zero-order valence-electron chi connectivity index (χ0n) is 12.2. The molecule has 0 N–H and O–H groups in total. The molecule has 2 atom stereocenters. The van der Waals surface area contributed by atoms with E-state index in [0.29, 0.717) is 18.8 Å². The second kappa shape index (κ2) is 5.74. The van der Waals surface area contributed by atoms with Crippen molar-refractivity contribution < 1.29 is 13.9 Å². The van der Waals surface area contributed by atoms with E-state index in [-0.39, 0.29) is 11.9 Å². The molecule has 1 aliphatic carbocycles. The van der Waals surface area contributed by atoms with Gasteiger partial charge in [-0.15, -0.1) is 0 Å². The molecule has 0 fully saturated rings. The smallest absolute Gasteiger partial charge is 0.166 e. The highest BCUT2D eigenvalue weighted by atomic mass is 16.5. The van der Waals surface area contributed by atoms with Crippen LogP contribution in [0.5, 0.6) is 0 Å². The summed E-state index contributed by atoms with van der Waals surface area (Å²) < 4.78 is 11.0. The van der Waals surface area contributed by atoms with Gasteiger partial charge < -0.3 is 9.15 Å². The van der Waals surface area contributed by atoms with Crippen LogP contribution in [-0.4, -0.2) is 19.0 Å². The molecule has 0 aromatic carbocycles. The fourth-order valence-corrected chi connectivity index (χ4v) is 2.76. The predicted molar refractivity (Wildman–Crippen MR) is 74.4 cm³/mol. The van der Waals surface area contributed by atoms with Crippen molar-refractivity contribution in [2.45, 2.75) is 46.1 Å². The first-order chi connectivity index (χ1) is 9.01. The number of rotatable bonds is 1. The minimum atomic E-state index is 0.0837. The fourth-order valence-electron chi connectivity index (χ4n) is 2.76. The van der Waals surface area contributed by atoms with E-state index in [0.717, 1.165) is 23.3 Å². The van der Waals surface area contributed by atoms with Crippen LogP contribution in [0.25, 0.3) is 0 Å². The number of hydrogen-bond acceptors (Lipinski definition) is 3. The molecule has 0 unspecified atom stereocenters. The topological polar surface area (TPSA) is 39.4 Å². The lowest BCUT2D eigenvalue weighted by Crippen LogP contribution is -2.18. The van der Waals surface area contributed by atoms with Gasteiger partial charge >= 0.3 is 0 Å². The monoisotopic (exact) mass is 262 g/mol. The third kappa shape index (κ3) is 3.16. The number of carbonyl (C=O) groups is 1. The Morgan fingerprint density at radius 1 is 1.37 bits per heavy atom. The predicted octanol–water partition coefficient (Wildman–Crippen LogP) is 3.70. The zero-order valence-corrected chi connectivity index (χ0v) is 12.2. The van der Waals surface area contributed by atoms with E-state index in [9.17, 15) is 4.79 Å². The Balaban J connectivity index is 2.40. The summed E-state index contributed by atoms with van der Waals surface area (Å²) in [6.45, 7) is 6.10. The number of furan rings is 1. The summed E-state index contributed by atoms with van der Waals surface area (Å²) in [5.74, 6) is 1.29. The first-order valence-electron chi connectivity index (χ1n) is 6.81. The Morgan fingerprint density at radius 3 is 2.79 bits per heavy atom. The standard InChI is InChI=1S/C16H22O3/c1-10-5-13(18-4)6-11(2)8-15-16(14(17)7-10)12(3)9-19-15/h6,9-10,13H,5,7-8H2,1-4H3/b11-6+/t10-,13+/m1/s1. The summed E-state index contributed by atoms with van der Waals surface area (Å²) in [7, 11) is 1.72. The molecular formula is C16H22O3. The Bertz CT molecular complexity index is 496. The van der Waals surface area contributed by atoms with Crippen molar-refractivity contribution in [3.05, 3.63) is 34.8 Å². The average Bonchev–Trinajstić information content (AvgIpc) is 2.68. The molecule has 3 nitrogen and oxygen atoms in total. The number of ether oxygens (including phenoxy) is 1. The van der Waals surface area contributed by atoms with E-state index < -0.39 is 0 Å². The van der Waals surface area contributed by atoms with Gasteiger partial charge in [-0.05, 0) is 31.7 Å². The number of hydrogen-bond donors (Lipinski definition) is 0. The Morgan fingerprint density at radius 2 is 2.11 bits per heavy atom. The minimum absolute atomic E-state index is 0.0837. The highest BCUT2D eigenvalue weighted by Crippen LogP contribution is 2.26. The molecule has 1 aromatic heterocycles. The summed E-state index contributed by atoms with van der Waals surface area (Å²) in [6, 6.07) is 0. The summed E-state index contributed by atoms with van der Waals surface area (Å²) in [5, 5.41) is 0. The number of ketones is 1. The van der Waals surface area contributed by atoms with E-state index in [1.54, 1.807) is 13.4 Å². The number of Topliss-reactive ketones (excluding diaryl/α,β-unsaturated/α-hetero) is 1. The van der Waals surface area contributed by atoms with Crippen LogP contribution in [-0.2, 0) is 11.2 Å². The van der Waals surface area contributed by atoms with Crippen molar-refractivity contribution in [2.24, 2.45) is 5.92 Å². The number of fused-ring (bicyclic) bond motifs is 1. The molecule has 3 heteroatoms. The minimum Gasteiger partial charge on any atom is -0.468 e. The molecule has 0 amide bonds. The van der Waals surface area contributed by atoms with Gasteiger partial charge in [-0.25, -0.2) is 0 Å². The summed E-state index contributed by atoms with van der Waals surface area (Å²) in [5.41, 5.74) is 2.92. The SMILES string of the molecule is CO[C@@H]1/C=C(\C)Cc2occ(C)c2C(=O)C[C@H](C)C1. The average molecular weight is 262 g/mol. The van der Waals surface area contributed by atoms with E-state index in [4.69, 9.17) is 9.15 Å². The third-order valence-electron chi connectivity index (χ3n) is 3.71. The lowest BCUT2D eigenvalue weighted by atomic mass is 9.90. The second-order valence-corrected chi connectivity index (χ2v) is 5.65. The van der Waals surface area contributed by atoms with Crippen LogP contribution in [0.2, 0.25) is 0 Å². The first kappa shape index (κ1) is 14.1. The fraction of sp³-hybridized carbons (Fsp3) is 0.562. The van der Waals surface area contributed by atoms with Crippen LogP contribution in [0.15, 0.2) is 22.3 Å². The lowest BCUT2D eigenvalue weighted by molar-refractivity contribution is 0.0913. The lowest BCUT2D eigenvalue weighted by Gasteiger charge is -2.19. The molecule has 1 aliphatic rings. The third-order valence-corrected chi connectivity index (χ3v) is 3.71. The molecular weight excluding hydrogens is 240 g/mol. The zero-order chi connectivity index (χ0) is 14.0. The van der Waals surface area contributed by atoms with E-state index in [1.807, 2.05) is 6.92 Å². The number of allylic oxidation sites excluding steroid dienone is 1. The van der Waals surface area contributed by atoms with Crippen LogP contribution in [0, 0.1) is 12.8 Å². The van der Waals surface area contributed by atoms with Crippen molar-refractivity contribution >= 4 is 5.78 Å². The number of carbonyl (C=O) groups excluding carboxylic acids is 1. The van der Waals surface area contributed by atoms with Gasteiger partial charge in [0.05, 0.1) is 17.9 Å². The molecule has 104 valence electrons. The first-order valence-corrected chi connectivity index (χ1v) is 6.81. The molecule has 2 rings (SSSR count). The van der Waals surface area contributed by atoms with Gasteiger partial charge in [0, 0.05) is 20.0 Å². The van der Waals surface area contributed by atoms with Gasteiger partial charge in [0.1, 0.15) is 5.76 Å². The molecule has 1 heterocycles. The normalized spacial score (nSPS) is 27.6. The second-order valence-electron chi connectivity index (χ2n) is 5.65. The van der Waals surface area contributed by atoms with Gasteiger partial charge in [-0.1, -0.05) is 18.6 Å². The van der Waals surface area contributed by atoms with Crippen molar-refractivity contribution in [1.82, 2.24) is 0 Å². The molecule has 0 aliphatic heterocycles. The van der Waals surface area contributed by atoms with Crippen molar-refractivity contribution in [3.63, 3.8) is 0 Å². The largest absolute Gasteiger partial charge is 0.468 e. The van der Waals surface area contributed by atoms with Crippen molar-refractivity contribution in [1.29, 1.82) is 0 Å². The van der Waals surface area contributed by atoms with E-state index >= 15 is 0 Å². The molecule has 1 aromatic rings. The van der Waals surface area contributed by atoms with Gasteiger partial charge in [-0.2, -0.15) is 0 Å². The molecule has 19 heavy (non-hydrogen) atoms. The van der Waals surface area contributed by atoms with Crippen LogP contribution in [0.4, 0.5) is 0 Å². The Hall–Kier alpha value is -1.35. The summed E-state index contributed by atoms with van der Waals surface area (Å²) in [4.78, 5) is 12.4. The maximum atomic E-state index is 12.4. The van der Waals surface area contributed by atoms with E-state index in [2.05, 4.69) is 19.9 Å². The van der Waals surface area contributed by atoms with Crippen molar-refractivity contribution in [2.75, 3.05) is 7.11 Å². The summed E-state index contributed by atoms with van der Waals surface area (Å²) >= 11 is 0. The van der Waals surface area contributed by atoms with Crippen LogP contribution in [0.3, 0.4) is 0 Å². The maximum absolute atomic E-state index is 12.4. The van der Waals surface area contributed by atoms with Gasteiger partial charge in [-0.3, -0.25) is 4.79 Å². The summed E-state index contributed by atoms with van der Waals surface area (Å²) in [6.07, 6.45) is 6.04. The molecule has 0 spiro atoms. The van der Waals surface area contributed by atoms with E-state index in [1.165, 1.54) is 5.57 Å². The van der Waals surface area contributed by atoms with Crippen LogP contribution < -0.4 is 0 Å².